The molecule has 0 amide bonds. The number of anilines is 3. The third kappa shape index (κ3) is 2.73. The van der Waals surface area contributed by atoms with Gasteiger partial charge in [-0.05, 0) is 19.1 Å². The van der Waals surface area contributed by atoms with E-state index in [2.05, 4.69) is 25.3 Å². The van der Waals surface area contributed by atoms with Crippen LogP contribution in [0, 0.1) is 6.92 Å². The van der Waals surface area contributed by atoms with Crippen molar-refractivity contribution in [3.8, 4) is 0 Å². The lowest BCUT2D eigenvalue weighted by Crippen LogP contribution is -2.48. The fraction of sp³-hybridized carbons (Fsp3) is 0.412. The summed E-state index contributed by atoms with van der Waals surface area (Å²) < 4.78 is 2.03. The Morgan fingerprint density at radius 3 is 2.36 bits per heavy atom. The van der Waals surface area contributed by atoms with Gasteiger partial charge in [-0.15, -0.1) is 10.2 Å². The zero-order valence-corrected chi connectivity index (χ0v) is 14.8. The lowest BCUT2D eigenvalue weighted by Gasteiger charge is -2.35. The third-order valence-electron chi connectivity index (χ3n) is 4.74. The quantitative estimate of drug-likeness (QED) is 0.774. The van der Waals surface area contributed by atoms with E-state index in [1.807, 2.05) is 49.9 Å². The number of hydrogen-bond donors (Lipinski definition) is 1. The van der Waals surface area contributed by atoms with Gasteiger partial charge in [-0.2, -0.15) is 4.98 Å². The highest BCUT2D eigenvalue weighted by Crippen LogP contribution is 2.24. The highest BCUT2D eigenvalue weighted by Gasteiger charge is 2.23. The van der Waals surface area contributed by atoms with Crippen molar-refractivity contribution in [3.05, 3.63) is 30.1 Å². The van der Waals surface area contributed by atoms with E-state index in [0.717, 1.165) is 60.6 Å². The maximum atomic E-state index is 4.75. The average Bonchev–Trinajstić information content (AvgIpc) is 3.00. The van der Waals surface area contributed by atoms with Gasteiger partial charge in [0.15, 0.2) is 0 Å². The Morgan fingerprint density at radius 1 is 0.960 bits per heavy atom. The van der Waals surface area contributed by atoms with Crippen LogP contribution in [0.5, 0.6) is 0 Å². The summed E-state index contributed by atoms with van der Waals surface area (Å²) in [6.07, 6.45) is 0. The van der Waals surface area contributed by atoms with Gasteiger partial charge in [0.2, 0.25) is 11.9 Å². The number of aromatic nitrogens is 5. The van der Waals surface area contributed by atoms with Gasteiger partial charge in [0.05, 0.1) is 5.52 Å². The molecule has 0 spiro atoms. The number of piperazine rings is 1. The predicted octanol–water partition coefficient (Wildman–Crippen LogP) is 1.44. The van der Waals surface area contributed by atoms with E-state index in [9.17, 15) is 0 Å². The summed E-state index contributed by atoms with van der Waals surface area (Å²) in [5.74, 6) is 3.49. The molecule has 1 N–H and O–H groups in total. The van der Waals surface area contributed by atoms with E-state index >= 15 is 0 Å². The van der Waals surface area contributed by atoms with Crippen LogP contribution in [0.2, 0.25) is 0 Å². The highest BCUT2D eigenvalue weighted by molar-refractivity contribution is 5.89. The van der Waals surface area contributed by atoms with E-state index in [1.54, 1.807) is 0 Å². The van der Waals surface area contributed by atoms with Crippen LogP contribution < -0.4 is 15.1 Å². The number of aryl methyl sites for hydroxylation is 1. The summed E-state index contributed by atoms with van der Waals surface area (Å²) in [6.45, 7) is 5.42. The minimum Gasteiger partial charge on any atom is -0.372 e. The van der Waals surface area contributed by atoms with Gasteiger partial charge in [-0.3, -0.25) is 0 Å². The fourth-order valence-electron chi connectivity index (χ4n) is 3.17. The average molecular weight is 338 g/mol. The molecule has 1 aliphatic heterocycles. The van der Waals surface area contributed by atoms with Gasteiger partial charge in [0, 0.05) is 45.7 Å². The summed E-state index contributed by atoms with van der Waals surface area (Å²) in [6, 6.07) is 8.08. The van der Waals surface area contributed by atoms with Crippen LogP contribution in [0.25, 0.3) is 10.9 Å². The van der Waals surface area contributed by atoms with Gasteiger partial charge in [0.25, 0.3) is 0 Å². The van der Waals surface area contributed by atoms with Crippen molar-refractivity contribution in [2.24, 2.45) is 7.05 Å². The first kappa shape index (κ1) is 15.6. The van der Waals surface area contributed by atoms with Crippen LogP contribution in [0.1, 0.15) is 5.82 Å². The first-order chi connectivity index (χ1) is 12.2. The molecule has 0 bridgehead atoms. The minimum atomic E-state index is 0.775. The molecule has 1 aromatic carbocycles. The standard InChI is InChI=1S/C17H22N8/c1-12-21-22-17(23(12)3)25-10-8-24(9-11-25)16-19-14-7-5-4-6-13(14)15(18-2)20-16/h4-7H,8-11H2,1-3H3,(H,18,19,20). The molecule has 2 aromatic heterocycles. The summed E-state index contributed by atoms with van der Waals surface area (Å²) in [4.78, 5) is 14.0. The minimum absolute atomic E-state index is 0.775. The van der Waals surface area contributed by atoms with Crippen molar-refractivity contribution < 1.29 is 0 Å². The number of rotatable bonds is 3. The Labute approximate surface area is 146 Å². The fourth-order valence-corrected chi connectivity index (χ4v) is 3.17. The molecule has 0 aliphatic carbocycles. The van der Waals surface area contributed by atoms with Crippen LogP contribution >= 0.6 is 0 Å². The maximum Gasteiger partial charge on any atom is 0.228 e. The Hall–Kier alpha value is -2.90. The van der Waals surface area contributed by atoms with Crippen LogP contribution in [-0.2, 0) is 7.05 Å². The Morgan fingerprint density at radius 2 is 1.68 bits per heavy atom. The molecule has 4 rings (SSSR count). The summed E-state index contributed by atoms with van der Waals surface area (Å²) in [5.41, 5.74) is 0.961. The van der Waals surface area contributed by atoms with Crippen LogP contribution in [0.15, 0.2) is 24.3 Å². The zero-order chi connectivity index (χ0) is 17.4. The third-order valence-corrected chi connectivity index (χ3v) is 4.74. The van der Waals surface area contributed by atoms with Crippen LogP contribution in [0.3, 0.4) is 0 Å². The SMILES string of the molecule is CNc1nc(N2CCN(c3nnc(C)n3C)CC2)nc2ccccc12. The summed E-state index contributed by atoms with van der Waals surface area (Å²) in [7, 11) is 3.90. The molecule has 3 heterocycles. The second-order valence-electron chi connectivity index (χ2n) is 6.22. The molecule has 3 aromatic rings. The second kappa shape index (κ2) is 6.19. The summed E-state index contributed by atoms with van der Waals surface area (Å²) >= 11 is 0. The Bertz CT molecular complexity index is 895. The second-order valence-corrected chi connectivity index (χ2v) is 6.22. The van der Waals surface area contributed by atoms with Crippen molar-refractivity contribution in [1.29, 1.82) is 0 Å². The van der Waals surface area contributed by atoms with E-state index in [-0.39, 0.29) is 0 Å². The monoisotopic (exact) mass is 338 g/mol. The largest absolute Gasteiger partial charge is 0.372 e. The van der Waals surface area contributed by atoms with Crippen molar-refractivity contribution in [2.45, 2.75) is 6.92 Å². The predicted molar refractivity (Wildman–Crippen MR) is 99.3 cm³/mol. The molecule has 0 saturated carbocycles. The molecular formula is C17H22N8. The van der Waals surface area contributed by atoms with Gasteiger partial charge in [-0.25, -0.2) is 4.98 Å². The number of nitrogens with zero attached hydrogens (tertiary/aromatic N) is 7. The topological polar surface area (TPSA) is 75.0 Å². The lowest BCUT2D eigenvalue weighted by atomic mass is 10.2. The Kier molecular flexibility index (Phi) is 3.87. The first-order valence-electron chi connectivity index (χ1n) is 8.48. The molecular weight excluding hydrogens is 316 g/mol. The highest BCUT2D eigenvalue weighted by atomic mass is 15.4. The van der Waals surface area contributed by atoms with E-state index in [4.69, 9.17) is 9.97 Å². The molecule has 0 atom stereocenters. The molecule has 0 radical (unpaired) electrons. The van der Waals surface area contributed by atoms with Crippen molar-refractivity contribution in [2.75, 3.05) is 48.3 Å². The number of nitrogens with one attached hydrogen (secondary N) is 1. The van der Waals surface area contributed by atoms with E-state index in [1.165, 1.54) is 0 Å². The van der Waals surface area contributed by atoms with Gasteiger partial charge in [-0.1, -0.05) is 12.1 Å². The molecule has 25 heavy (non-hydrogen) atoms. The molecule has 1 aliphatic rings. The summed E-state index contributed by atoms with van der Waals surface area (Å²) in [5, 5.41) is 12.7. The lowest BCUT2D eigenvalue weighted by molar-refractivity contribution is 0.619. The van der Waals surface area contributed by atoms with Crippen molar-refractivity contribution >= 4 is 28.6 Å². The smallest absolute Gasteiger partial charge is 0.228 e. The molecule has 8 heteroatoms. The molecule has 0 unspecified atom stereocenters. The van der Waals surface area contributed by atoms with Gasteiger partial charge >= 0.3 is 0 Å². The van der Waals surface area contributed by atoms with Crippen molar-refractivity contribution in [3.63, 3.8) is 0 Å². The number of para-hydroxylation sites is 1. The van der Waals surface area contributed by atoms with Crippen LogP contribution in [-0.4, -0.2) is 58.0 Å². The van der Waals surface area contributed by atoms with E-state index < -0.39 is 0 Å². The molecule has 130 valence electrons. The maximum absolute atomic E-state index is 4.75. The zero-order valence-electron chi connectivity index (χ0n) is 14.8. The number of hydrogen-bond acceptors (Lipinski definition) is 7. The molecule has 8 nitrogen and oxygen atoms in total. The molecule has 1 saturated heterocycles. The number of fused-ring (bicyclic) bond motifs is 1. The van der Waals surface area contributed by atoms with Crippen LogP contribution in [0.4, 0.5) is 17.7 Å². The molecule has 1 fully saturated rings. The normalized spacial score (nSPS) is 15.0. The van der Waals surface area contributed by atoms with Gasteiger partial charge in [0.1, 0.15) is 11.6 Å². The number of benzene rings is 1. The van der Waals surface area contributed by atoms with Gasteiger partial charge < -0.3 is 19.7 Å². The first-order valence-corrected chi connectivity index (χ1v) is 8.48. The van der Waals surface area contributed by atoms with Crippen molar-refractivity contribution in [1.82, 2.24) is 24.7 Å². The Balaban J connectivity index is 1.56. The van der Waals surface area contributed by atoms with E-state index in [0.29, 0.717) is 0 Å².